The Labute approximate surface area is 155 Å². The molecule has 0 radical (unpaired) electrons. The predicted octanol–water partition coefficient (Wildman–Crippen LogP) is 3.32. The number of carbonyl (C=O) groups excluding carboxylic acids is 2. The quantitative estimate of drug-likeness (QED) is 0.832. The third kappa shape index (κ3) is 3.14. The van der Waals surface area contributed by atoms with Gasteiger partial charge in [0.2, 0.25) is 12.7 Å². The zero-order chi connectivity index (χ0) is 18.1. The highest BCUT2D eigenvalue weighted by Crippen LogP contribution is 2.38. The van der Waals surface area contributed by atoms with Crippen LogP contribution in [0.4, 0.5) is 5.00 Å². The maximum absolute atomic E-state index is 12.5. The van der Waals surface area contributed by atoms with Gasteiger partial charge < -0.3 is 19.5 Å². The summed E-state index contributed by atoms with van der Waals surface area (Å²) in [4.78, 5) is 25.9. The fraction of sp³-hybridized carbons (Fsp3) is 0.368. The third-order valence-corrected chi connectivity index (χ3v) is 5.82. The van der Waals surface area contributed by atoms with E-state index in [0.29, 0.717) is 22.1 Å². The summed E-state index contributed by atoms with van der Waals surface area (Å²) < 4.78 is 15.6. The smallest absolute Gasteiger partial charge is 0.341 e. The van der Waals surface area contributed by atoms with Crippen molar-refractivity contribution in [3.8, 4) is 11.5 Å². The first kappa shape index (κ1) is 16.9. The predicted molar refractivity (Wildman–Crippen MR) is 97.2 cm³/mol. The molecule has 2 heterocycles. The zero-order valence-electron chi connectivity index (χ0n) is 14.4. The lowest BCUT2D eigenvalue weighted by molar-refractivity contribution is -0.115. The molecule has 0 fully saturated rings. The fourth-order valence-electron chi connectivity index (χ4n) is 3.38. The molecule has 7 heteroatoms. The highest BCUT2D eigenvalue weighted by molar-refractivity contribution is 7.17. The molecular weight excluding hydrogens is 354 g/mol. The molecule has 0 atom stereocenters. The van der Waals surface area contributed by atoms with E-state index in [2.05, 4.69) is 5.32 Å². The Morgan fingerprint density at radius 2 is 2.00 bits per heavy atom. The number of nitrogens with one attached hydrogen (secondary N) is 1. The van der Waals surface area contributed by atoms with Crippen molar-refractivity contribution in [2.45, 2.75) is 32.1 Å². The Kier molecular flexibility index (Phi) is 4.55. The number of rotatable bonds is 4. The summed E-state index contributed by atoms with van der Waals surface area (Å²) in [5.74, 6) is 0.778. The number of thiophene rings is 1. The van der Waals surface area contributed by atoms with Crippen LogP contribution in [0.3, 0.4) is 0 Å². The van der Waals surface area contributed by atoms with Crippen LogP contribution in [0.2, 0.25) is 0 Å². The molecule has 0 spiro atoms. The summed E-state index contributed by atoms with van der Waals surface area (Å²) >= 11 is 1.49. The summed E-state index contributed by atoms with van der Waals surface area (Å²) in [5.41, 5.74) is 2.38. The molecule has 0 unspecified atom stereocenters. The van der Waals surface area contributed by atoms with Crippen molar-refractivity contribution >= 4 is 28.2 Å². The van der Waals surface area contributed by atoms with Gasteiger partial charge in [-0.05, 0) is 48.9 Å². The first-order valence-electron chi connectivity index (χ1n) is 8.57. The zero-order valence-corrected chi connectivity index (χ0v) is 15.2. The van der Waals surface area contributed by atoms with Crippen molar-refractivity contribution in [1.29, 1.82) is 0 Å². The minimum Gasteiger partial charge on any atom is -0.465 e. The molecule has 1 aromatic carbocycles. The molecule has 1 amide bonds. The van der Waals surface area contributed by atoms with E-state index in [1.807, 2.05) is 12.1 Å². The average Bonchev–Trinajstić information content (AvgIpc) is 3.24. The maximum Gasteiger partial charge on any atom is 0.341 e. The Bertz CT molecular complexity index is 873. The van der Waals surface area contributed by atoms with E-state index in [1.54, 1.807) is 6.07 Å². The van der Waals surface area contributed by atoms with Gasteiger partial charge in [0.15, 0.2) is 11.5 Å². The van der Waals surface area contributed by atoms with Crippen LogP contribution >= 0.6 is 11.3 Å². The molecule has 2 aromatic rings. The van der Waals surface area contributed by atoms with Gasteiger partial charge in [-0.1, -0.05) is 6.07 Å². The molecular formula is C19H19NO5S. The largest absolute Gasteiger partial charge is 0.465 e. The minimum atomic E-state index is -0.386. The molecule has 1 aromatic heterocycles. The van der Waals surface area contributed by atoms with Crippen LogP contribution in [0.1, 0.15) is 39.2 Å². The normalized spacial score (nSPS) is 14.7. The van der Waals surface area contributed by atoms with Crippen molar-refractivity contribution in [3.05, 3.63) is 39.8 Å². The molecule has 0 saturated carbocycles. The number of hydrogen-bond donors (Lipinski definition) is 1. The lowest BCUT2D eigenvalue weighted by atomic mass is 9.95. The number of methoxy groups -OCH3 is 1. The topological polar surface area (TPSA) is 73.9 Å². The van der Waals surface area contributed by atoms with Gasteiger partial charge in [0.1, 0.15) is 5.00 Å². The van der Waals surface area contributed by atoms with Gasteiger partial charge in [-0.15, -0.1) is 11.3 Å². The molecule has 4 rings (SSSR count). The second-order valence-electron chi connectivity index (χ2n) is 6.32. The number of hydrogen-bond acceptors (Lipinski definition) is 6. The van der Waals surface area contributed by atoms with E-state index >= 15 is 0 Å². The number of carbonyl (C=O) groups is 2. The first-order chi connectivity index (χ1) is 12.7. The molecule has 6 nitrogen and oxygen atoms in total. The van der Waals surface area contributed by atoms with Crippen LogP contribution in [-0.4, -0.2) is 25.8 Å². The van der Waals surface area contributed by atoms with Gasteiger partial charge >= 0.3 is 5.97 Å². The first-order valence-corrected chi connectivity index (χ1v) is 9.38. The van der Waals surface area contributed by atoms with Gasteiger partial charge in [-0.2, -0.15) is 0 Å². The lowest BCUT2D eigenvalue weighted by Gasteiger charge is -2.11. The Balaban J connectivity index is 1.54. The summed E-state index contributed by atoms with van der Waals surface area (Å²) in [6, 6.07) is 5.45. The van der Waals surface area contributed by atoms with E-state index < -0.39 is 0 Å². The number of aryl methyl sites for hydroxylation is 1. The standard InChI is InChI=1S/C19H19NO5S/c1-23-19(22)17-12-4-2-3-5-15(12)26-18(17)20-16(21)9-11-6-7-13-14(8-11)25-10-24-13/h6-8H,2-5,9-10H2,1H3,(H,20,21). The summed E-state index contributed by atoms with van der Waals surface area (Å²) in [6.07, 6.45) is 4.16. The van der Waals surface area contributed by atoms with Gasteiger partial charge in [0.25, 0.3) is 0 Å². The van der Waals surface area contributed by atoms with E-state index in [1.165, 1.54) is 23.3 Å². The maximum atomic E-state index is 12.5. The molecule has 1 aliphatic carbocycles. The molecule has 1 N–H and O–H groups in total. The van der Waals surface area contributed by atoms with E-state index in [4.69, 9.17) is 14.2 Å². The minimum absolute atomic E-state index is 0.174. The SMILES string of the molecule is COC(=O)c1c(NC(=O)Cc2ccc3c(c2)OCO3)sc2c1CCCC2. The van der Waals surface area contributed by atoms with E-state index in [-0.39, 0.29) is 25.1 Å². The van der Waals surface area contributed by atoms with Crippen molar-refractivity contribution in [3.63, 3.8) is 0 Å². The van der Waals surface area contributed by atoms with Crippen molar-refractivity contribution < 1.29 is 23.8 Å². The van der Waals surface area contributed by atoms with Crippen LogP contribution in [-0.2, 0) is 28.8 Å². The number of benzene rings is 1. The molecule has 2 aliphatic rings. The number of amides is 1. The van der Waals surface area contributed by atoms with Gasteiger partial charge in [0.05, 0.1) is 19.1 Å². The van der Waals surface area contributed by atoms with Crippen LogP contribution in [0, 0.1) is 0 Å². The third-order valence-electron chi connectivity index (χ3n) is 4.62. The van der Waals surface area contributed by atoms with Crippen LogP contribution in [0.5, 0.6) is 11.5 Å². The highest BCUT2D eigenvalue weighted by atomic mass is 32.1. The summed E-state index contributed by atoms with van der Waals surface area (Å²) in [6.45, 7) is 0.203. The number of esters is 1. The number of ether oxygens (including phenoxy) is 3. The second-order valence-corrected chi connectivity index (χ2v) is 7.42. The molecule has 136 valence electrons. The Hall–Kier alpha value is -2.54. The highest BCUT2D eigenvalue weighted by Gasteiger charge is 2.27. The van der Waals surface area contributed by atoms with Crippen molar-refractivity contribution in [2.75, 3.05) is 19.2 Å². The molecule has 0 bridgehead atoms. The second kappa shape index (κ2) is 6.99. The van der Waals surface area contributed by atoms with Gasteiger partial charge in [0, 0.05) is 4.88 Å². The monoisotopic (exact) mass is 373 g/mol. The molecule has 26 heavy (non-hydrogen) atoms. The van der Waals surface area contributed by atoms with E-state index in [9.17, 15) is 9.59 Å². The van der Waals surface area contributed by atoms with Crippen molar-refractivity contribution in [1.82, 2.24) is 0 Å². The van der Waals surface area contributed by atoms with Crippen molar-refractivity contribution in [2.24, 2.45) is 0 Å². The number of anilines is 1. The van der Waals surface area contributed by atoms with Crippen LogP contribution < -0.4 is 14.8 Å². The van der Waals surface area contributed by atoms with Gasteiger partial charge in [-0.25, -0.2) is 4.79 Å². The fourth-order valence-corrected chi connectivity index (χ4v) is 4.67. The lowest BCUT2D eigenvalue weighted by Crippen LogP contribution is -2.16. The van der Waals surface area contributed by atoms with Crippen LogP contribution in [0.25, 0.3) is 0 Å². The Morgan fingerprint density at radius 3 is 2.85 bits per heavy atom. The number of fused-ring (bicyclic) bond motifs is 2. The van der Waals surface area contributed by atoms with Gasteiger partial charge in [-0.3, -0.25) is 4.79 Å². The summed E-state index contributed by atoms with van der Waals surface area (Å²) in [5, 5.41) is 3.50. The Morgan fingerprint density at radius 1 is 1.19 bits per heavy atom. The van der Waals surface area contributed by atoms with E-state index in [0.717, 1.165) is 36.8 Å². The molecule has 1 aliphatic heterocycles. The van der Waals surface area contributed by atoms with Crippen LogP contribution in [0.15, 0.2) is 18.2 Å². The summed E-state index contributed by atoms with van der Waals surface area (Å²) in [7, 11) is 1.37. The average molecular weight is 373 g/mol. The molecule has 0 saturated heterocycles.